The second-order valence-corrected chi connectivity index (χ2v) is 8.81. The largest absolute Gasteiger partial charge is 0.493 e. The van der Waals surface area contributed by atoms with Gasteiger partial charge in [0, 0.05) is 35.5 Å². The van der Waals surface area contributed by atoms with Crippen molar-refractivity contribution in [1.82, 2.24) is 10.1 Å². The van der Waals surface area contributed by atoms with E-state index in [1.54, 1.807) is 36.5 Å². The normalized spacial score (nSPS) is 18.5. The fourth-order valence-electron chi connectivity index (χ4n) is 4.22. The Morgan fingerprint density at radius 3 is 2.77 bits per heavy atom. The van der Waals surface area contributed by atoms with Gasteiger partial charge in [-0.1, -0.05) is 5.16 Å². The van der Waals surface area contributed by atoms with E-state index in [4.69, 9.17) is 14.0 Å². The molecule has 2 aromatic heterocycles. The number of benzene rings is 1. The van der Waals surface area contributed by atoms with E-state index in [9.17, 15) is 4.79 Å². The maximum atomic E-state index is 12.7. The number of carbonyl (C=O) groups excluding carboxylic acids is 1. The van der Waals surface area contributed by atoms with Crippen LogP contribution in [0.25, 0.3) is 10.8 Å². The predicted octanol–water partition coefficient (Wildman–Crippen LogP) is 4.21. The average Bonchev–Trinajstić information content (AvgIpc) is 3.50. The molecule has 1 amide bonds. The van der Waals surface area contributed by atoms with Gasteiger partial charge in [0.15, 0.2) is 17.3 Å². The monoisotopic (exact) mass is 425 g/mol. The van der Waals surface area contributed by atoms with Crippen LogP contribution in [0.4, 0.5) is 5.69 Å². The Labute approximate surface area is 178 Å². The lowest BCUT2D eigenvalue weighted by Crippen LogP contribution is -2.24. The fraction of sp³-hybridized carbons (Fsp3) is 0.409. The number of thiophene rings is 1. The summed E-state index contributed by atoms with van der Waals surface area (Å²) in [5.41, 5.74) is 2.19. The average molecular weight is 426 g/mol. The molecule has 1 aromatic carbocycles. The first-order chi connectivity index (χ1) is 14.7. The molecule has 1 unspecified atom stereocenters. The van der Waals surface area contributed by atoms with Gasteiger partial charge in [-0.3, -0.25) is 4.79 Å². The van der Waals surface area contributed by atoms with Crippen molar-refractivity contribution in [2.45, 2.75) is 38.0 Å². The smallest absolute Gasteiger partial charge is 0.268 e. The van der Waals surface area contributed by atoms with Crippen molar-refractivity contribution < 1.29 is 18.8 Å². The third-order valence-corrected chi connectivity index (χ3v) is 7.04. The van der Waals surface area contributed by atoms with Crippen molar-refractivity contribution >= 4 is 22.9 Å². The van der Waals surface area contributed by atoms with Crippen molar-refractivity contribution in [3.8, 4) is 22.3 Å². The Kier molecular flexibility index (Phi) is 4.94. The molecule has 1 atom stereocenters. The van der Waals surface area contributed by atoms with E-state index in [1.807, 2.05) is 12.1 Å². The van der Waals surface area contributed by atoms with Crippen LogP contribution in [-0.4, -0.2) is 36.8 Å². The van der Waals surface area contributed by atoms with Gasteiger partial charge in [0.2, 0.25) is 5.91 Å². The third-order valence-electron chi connectivity index (χ3n) is 5.82. The van der Waals surface area contributed by atoms with Crippen LogP contribution in [0.15, 0.2) is 28.8 Å². The first-order valence-corrected chi connectivity index (χ1v) is 11.0. The number of hydrogen-bond donors (Lipinski definition) is 0. The van der Waals surface area contributed by atoms with Gasteiger partial charge in [0.05, 0.1) is 19.1 Å². The molecule has 1 aliphatic heterocycles. The van der Waals surface area contributed by atoms with E-state index in [1.165, 1.54) is 23.3 Å². The maximum Gasteiger partial charge on any atom is 0.268 e. The molecule has 156 valence electrons. The number of hydrogen-bond acceptors (Lipinski definition) is 7. The first kappa shape index (κ1) is 19.1. The molecule has 1 fully saturated rings. The molecule has 8 heteroatoms. The number of fused-ring (bicyclic) bond motifs is 1. The summed E-state index contributed by atoms with van der Waals surface area (Å²) in [6.45, 7) is 0.508. The van der Waals surface area contributed by atoms with Gasteiger partial charge in [0.25, 0.3) is 5.89 Å². The van der Waals surface area contributed by atoms with Gasteiger partial charge in [0.1, 0.15) is 0 Å². The Hall–Kier alpha value is -2.87. The molecule has 1 saturated heterocycles. The van der Waals surface area contributed by atoms with Crippen molar-refractivity contribution in [3.63, 3.8) is 0 Å². The molecule has 3 aromatic rings. The highest BCUT2D eigenvalue weighted by atomic mass is 32.1. The zero-order valence-electron chi connectivity index (χ0n) is 17.0. The van der Waals surface area contributed by atoms with Gasteiger partial charge >= 0.3 is 0 Å². The second kappa shape index (κ2) is 7.75. The van der Waals surface area contributed by atoms with E-state index in [-0.39, 0.29) is 11.8 Å². The number of aryl methyl sites for hydroxylation is 2. The molecule has 3 heterocycles. The van der Waals surface area contributed by atoms with Gasteiger partial charge in [-0.15, -0.1) is 11.3 Å². The maximum absolute atomic E-state index is 12.7. The number of amides is 1. The summed E-state index contributed by atoms with van der Waals surface area (Å²) in [4.78, 5) is 21.5. The van der Waals surface area contributed by atoms with Crippen LogP contribution in [0.5, 0.6) is 11.5 Å². The minimum Gasteiger partial charge on any atom is -0.493 e. The zero-order chi connectivity index (χ0) is 20.7. The van der Waals surface area contributed by atoms with E-state index in [0.717, 1.165) is 23.4 Å². The Morgan fingerprint density at radius 1 is 1.13 bits per heavy atom. The van der Waals surface area contributed by atoms with E-state index in [0.29, 0.717) is 36.2 Å². The predicted molar refractivity (Wildman–Crippen MR) is 114 cm³/mol. The summed E-state index contributed by atoms with van der Waals surface area (Å²) < 4.78 is 16.2. The van der Waals surface area contributed by atoms with Gasteiger partial charge < -0.3 is 18.9 Å². The summed E-state index contributed by atoms with van der Waals surface area (Å²) in [6, 6.07) is 7.67. The SMILES string of the molecule is COc1ccc(N2CC(c3noc(-c4cc5c(s4)CCCC5)n3)CC2=O)cc1OC. The molecule has 0 saturated carbocycles. The van der Waals surface area contributed by atoms with Crippen LogP contribution >= 0.6 is 11.3 Å². The molecule has 5 rings (SSSR count). The van der Waals surface area contributed by atoms with Gasteiger partial charge in [-0.2, -0.15) is 4.98 Å². The van der Waals surface area contributed by atoms with Crippen LogP contribution in [0, 0.1) is 0 Å². The lowest BCUT2D eigenvalue weighted by atomic mass is 9.99. The molecule has 1 aliphatic carbocycles. The number of ether oxygens (including phenoxy) is 2. The summed E-state index contributed by atoms with van der Waals surface area (Å²) in [5, 5.41) is 4.20. The van der Waals surface area contributed by atoms with E-state index < -0.39 is 0 Å². The lowest BCUT2D eigenvalue weighted by Gasteiger charge is -2.18. The molecule has 2 aliphatic rings. The molecule has 0 radical (unpaired) electrons. The summed E-state index contributed by atoms with van der Waals surface area (Å²) in [7, 11) is 3.17. The summed E-state index contributed by atoms with van der Waals surface area (Å²) in [6.07, 6.45) is 5.11. The molecule has 0 spiro atoms. The quantitative estimate of drug-likeness (QED) is 0.609. The number of nitrogens with zero attached hydrogens (tertiary/aromatic N) is 3. The highest BCUT2D eigenvalue weighted by molar-refractivity contribution is 7.15. The second-order valence-electron chi connectivity index (χ2n) is 7.67. The van der Waals surface area contributed by atoms with Crippen molar-refractivity contribution in [3.05, 3.63) is 40.5 Å². The summed E-state index contributed by atoms with van der Waals surface area (Å²) >= 11 is 1.75. The number of anilines is 1. The minimum atomic E-state index is -0.0994. The zero-order valence-corrected chi connectivity index (χ0v) is 17.8. The van der Waals surface area contributed by atoms with Crippen LogP contribution in [0.3, 0.4) is 0 Å². The number of methoxy groups -OCH3 is 2. The van der Waals surface area contributed by atoms with Crippen molar-refractivity contribution in [1.29, 1.82) is 0 Å². The Morgan fingerprint density at radius 2 is 1.97 bits per heavy atom. The molecule has 30 heavy (non-hydrogen) atoms. The summed E-state index contributed by atoms with van der Waals surface area (Å²) in [5.74, 6) is 2.30. The molecule has 0 N–H and O–H groups in total. The highest BCUT2D eigenvalue weighted by Gasteiger charge is 2.35. The van der Waals surface area contributed by atoms with Crippen molar-refractivity contribution in [2.75, 3.05) is 25.7 Å². The van der Waals surface area contributed by atoms with Crippen LogP contribution in [-0.2, 0) is 17.6 Å². The molecular formula is C22H23N3O4S. The van der Waals surface area contributed by atoms with Crippen LogP contribution in [0.2, 0.25) is 0 Å². The number of rotatable bonds is 5. The Balaban J connectivity index is 1.35. The van der Waals surface area contributed by atoms with Gasteiger partial charge in [-0.25, -0.2) is 0 Å². The van der Waals surface area contributed by atoms with Crippen LogP contribution < -0.4 is 14.4 Å². The number of aromatic nitrogens is 2. The van der Waals surface area contributed by atoms with Crippen LogP contribution in [0.1, 0.15) is 41.4 Å². The fourth-order valence-corrected chi connectivity index (χ4v) is 5.40. The lowest BCUT2D eigenvalue weighted by molar-refractivity contribution is -0.117. The van der Waals surface area contributed by atoms with Crippen molar-refractivity contribution in [2.24, 2.45) is 0 Å². The first-order valence-electron chi connectivity index (χ1n) is 10.1. The molecular weight excluding hydrogens is 402 g/mol. The molecule has 0 bridgehead atoms. The minimum absolute atomic E-state index is 0.0326. The topological polar surface area (TPSA) is 77.7 Å². The highest BCUT2D eigenvalue weighted by Crippen LogP contribution is 2.38. The van der Waals surface area contributed by atoms with E-state index in [2.05, 4.69) is 16.2 Å². The molecule has 7 nitrogen and oxygen atoms in total. The van der Waals surface area contributed by atoms with E-state index >= 15 is 0 Å². The Bertz CT molecular complexity index is 1070. The van der Waals surface area contributed by atoms with Gasteiger partial charge in [-0.05, 0) is 49.4 Å². The standard InChI is InChI=1S/C22H23N3O4S/c1-27-16-8-7-15(11-17(16)28-2)25-12-14(10-20(25)26)21-23-22(29-24-21)19-9-13-5-3-4-6-18(13)30-19/h7-9,11,14H,3-6,10,12H2,1-2H3. The number of carbonyl (C=O) groups is 1. The third kappa shape index (κ3) is 3.35.